The van der Waals surface area contributed by atoms with Crippen LogP contribution in [-0.4, -0.2) is 32.8 Å². The van der Waals surface area contributed by atoms with Gasteiger partial charge in [-0.25, -0.2) is 9.07 Å². The molecule has 3 rings (SSSR count). The molecule has 2 atom stereocenters. The van der Waals surface area contributed by atoms with E-state index in [4.69, 9.17) is 5.11 Å². The van der Waals surface area contributed by atoms with Crippen molar-refractivity contribution in [3.05, 3.63) is 47.5 Å². The molecular formula is C17H18FN3O3. The van der Waals surface area contributed by atoms with E-state index in [0.29, 0.717) is 30.5 Å². The molecule has 1 saturated carbocycles. The van der Waals surface area contributed by atoms with E-state index in [2.05, 4.69) is 10.4 Å². The van der Waals surface area contributed by atoms with Gasteiger partial charge in [0.1, 0.15) is 5.82 Å². The summed E-state index contributed by atoms with van der Waals surface area (Å²) in [6.07, 6.45) is 3.37. The number of amides is 1. The van der Waals surface area contributed by atoms with E-state index in [1.165, 1.54) is 16.8 Å². The second-order valence-electron chi connectivity index (χ2n) is 6.10. The Morgan fingerprint density at radius 3 is 2.62 bits per heavy atom. The number of rotatable bonds is 4. The zero-order chi connectivity index (χ0) is 17.3. The van der Waals surface area contributed by atoms with Crippen LogP contribution >= 0.6 is 0 Å². The standard InChI is InChI=1S/C17H18FN3O3/c1-10-9-21(14-6-3-12(18)4-7-14)20-15(10)16(22)19-13-5-2-11(8-13)17(23)24/h3-4,6-7,9,11,13H,2,5,8H2,1H3,(H,19,22)(H,23,24)/t11-,13+/m1/s1. The predicted octanol–water partition coefficient (Wildman–Crippen LogP) is 2.30. The lowest BCUT2D eigenvalue weighted by Gasteiger charge is -2.11. The van der Waals surface area contributed by atoms with Gasteiger partial charge in [0.05, 0.1) is 11.6 Å². The van der Waals surface area contributed by atoms with Gasteiger partial charge < -0.3 is 10.4 Å². The Bertz CT molecular complexity index is 770. The average Bonchev–Trinajstić information content (AvgIpc) is 3.15. The van der Waals surface area contributed by atoms with Gasteiger partial charge >= 0.3 is 5.97 Å². The van der Waals surface area contributed by atoms with Gasteiger partial charge in [-0.15, -0.1) is 0 Å². The quantitative estimate of drug-likeness (QED) is 0.900. The normalized spacial score (nSPS) is 20.1. The Morgan fingerprint density at radius 1 is 1.29 bits per heavy atom. The van der Waals surface area contributed by atoms with Gasteiger partial charge in [0.25, 0.3) is 5.91 Å². The molecule has 1 fully saturated rings. The van der Waals surface area contributed by atoms with Crippen LogP contribution in [0.5, 0.6) is 0 Å². The van der Waals surface area contributed by atoms with E-state index in [9.17, 15) is 14.0 Å². The molecule has 24 heavy (non-hydrogen) atoms. The highest BCUT2D eigenvalue weighted by Crippen LogP contribution is 2.26. The van der Waals surface area contributed by atoms with Crippen LogP contribution in [0.25, 0.3) is 5.69 Å². The minimum Gasteiger partial charge on any atom is -0.481 e. The highest BCUT2D eigenvalue weighted by molar-refractivity contribution is 5.93. The number of hydrogen-bond acceptors (Lipinski definition) is 3. The van der Waals surface area contributed by atoms with E-state index < -0.39 is 11.9 Å². The van der Waals surface area contributed by atoms with Gasteiger partial charge in [-0.2, -0.15) is 5.10 Å². The molecule has 1 aromatic carbocycles. The van der Waals surface area contributed by atoms with Crippen LogP contribution in [0.2, 0.25) is 0 Å². The summed E-state index contributed by atoms with van der Waals surface area (Å²) in [5.74, 6) is -1.86. The molecule has 2 N–H and O–H groups in total. The van der Waals surface area contributed by atoms with Crippen molar-refractivity contribution in [3.63, 3.8) is 0 Å². The molecule has 1 heterocycles. The molecule has 2 aromatic rings. The SMILES string of the molecule is Cc1cn(-c2ccc(F)cc2)nc1C(=O)N[C@H]1CC[C@@H](C(=O)O)C1. The van der Waals surface area contributed by atoms with Crippen molar-refractivity contribution in [2.75, 3.05) is 0 Å². The Kier molecular flexibility index (Phi) is 4.33. The lowest BCUT2D eigenvalue weighted by molar-refractivity contribution is -0.141. The second kappa shape index (κ2) is 6.43. The van der Waals surface area contributed by atoms with Crippen LogP contribution in [0.3, 0.4) is 0 Å². The van der Waals surface area contributed by atoms with E-state index in [0.717, 1.165) is 0 Å². The van der Waals surface area contributed by atoms with Gasteiger partial charge in [-0.05, 0) is 50.5 Å². The summed E-state index contributed by atoms with van der Waals surface area (Å²) in [6.45, 7) is 1.77. The molecule has 1 aromatic heterocycles. The summed E-state index contributed by atoms with van der Waals surface area (Å²) in [7, 11) is 0. The minimum absolute atomic E-state index is 0.144. The van der Waals surface area contributed by atoms with E-state index in [1.807, 2.05) is 0 Å². The number of benzene rings is 1. The highest BCUT2D eigenvalue weighted by atomic mass is 19.1. The highest BCUT2D eigenvalue weighted by Gasteiger charge is 2.31. The zero-order valence-electron chi connectivity index (χ0n) is 13.2. The molecule has 1 aliphatic rings. The number of halogens is 1. The number of hydrogen-bond donors (Lipinski definition) is 2. The van der Waals surface area contributed by atoms with Crippen molar-refractivity contribution in [3.8, 4) is 5.69 Å². The van der Waals surface area contributed by atoms with Gasteiger partial charge in [0.2, 0.25) is 0 Å². The lowest BCUT2D eigenvalue weighted by Crippen LogP contribution is -2.34. The van der Waals surface area contributed by atoms with Crippen molar-refractivity contribution in [1.29, 1.82) is 0 Å². The number of carbonyl (C=O) groups excluding carboxylic acids is 1. The number of carboxylic acids is 1. The Hall–Kier alpha value is -2.70. The second-order valence-corrected chi connectivity index (χ2v) is 6.10. The van der Waals surface area contributed by atoms with Crippen molar-refractivity contribution in [1.82, 2.24) is 15.1 Å². The number of nitrogens with zero attached hydrogens (tertiary/aromatic N) is 2. The molecule has 0 radical (unpaired) electrons. The molecule has 0 spiro atoms. The van der Waals surface area contributed by atoms with Crippen LogP contribution in [0.1, 0.15) is 35.3 Å². The molecule has 126 valence electrons. The maximum absolute atomic E-state index is 13.0. The Morgan fingerprint density at radius 2 is 2.00 bits per heavy atom. The first-order chi connectivity index (χ1) is 11.4. The molecular weight excluding hydrogens is 313 g/mol. The molecule has 7 heteroatoms. The monoisotopic (exact) mass is 331 g/mol. The van der Waals surface area contributed by atoms with Crippen LogP contribution in [0, 0.1) is 18.7 Å². The number of carbonyl (C=O) groups is 2. The summed E-state index contributed by atoms with van der Waals surface area (Å²) >= 11 is 0. The molecule has 0 bridgehead atoms. The summed E-state index contributed by atoms with van der Waals surface area (Å²) in [5.41, 5.74) is 1.65. The number of carboxylic acid groups (broad SMARTS) is 1. The first-order valence-corrected chi connectivity index (χ1v) is 7.80. The lowest BCUT2D eigenvalue weighted by atomic mass is 10.1. The Balaban J connectivity index is 1.72. The summed E-state index contributed by atoms with van der Waals surface area (Å²) in [4.78, 5) is 23.4. The molecule has 0 unspecified atom stereocenters. The third-order valence-corrected chi connectivity index (χ3v) is 4.32. The maximum Gasteiger partial charge on any atom is 0.306 e. The third kappa shape index (κ3) is 3.29. The van der Waals surface area contributed by atoms with E-state index in [-0.39, 0.29) is 23.5 Å². The maximum atomic E-state index is 13.0. The van der Waals surface area contributed by atoms with Gasteiger partial charge in [0.15, 0.2) is 5.69 Å². The van der Waals surface area contributed by atoms with Gasteiger partial charge in [-0.1, -0.05) is 0 Å². The van der Waals surface area contributed by atoms with Crippen molar-refractivity contribution < 1.29 is 19.1 Å². The van der Waals surface area contributed by atoms with Crippen molar-refractivity contribution >= 4 is 11.9 Å². The number of aliphatic carboxylic acids is 1. The number of aromatic nitrogens is 2. The topological polar surface area (TPSA) is 84.2 Å². The third-order valence-electron chi connectivity index (χ3n) is 4.32. The van der Waals surface area contributed by atoms with Gasteiger partial charge in [0, 0.05) is 17.8 Å². The van der Waals surface area contributed by atoms with E-state index >= 15 is 0 Å². The fourth-order valence-electron chi connectivity index (χ4n) is 3.00. The average molecular weight is 331 g/mol. The van der Waals surface area contributed by atoms with Crippen LogP contribution in [-0.2, 0) is 4.79 Å². The number of nitrogens with one attached hydrogen (secondary N) is 1. The largest absolute Gasteiger partial charge is 0.481 e. The molecule has 1 aliphatic carbocycles. The summed E-state index contributed by atoms with van der Waals surface area (Å²) < 4.78 is 14.5. The van der Waals surface area contributed by atoms with Crippen LogP contribution in [0.15, 0.2) is 30.5 Å². The van der Waals surface area contributed by atoms with Crippen molar-refractivity contribution in [2.24, 2.45) is 5.92 Å². The minimum atomic E-state index is -0.816. The van der Waals surface area contributed by atoms with Crippen LogP contribution < -0.4 is 5.32 Å². The predicted molar refractivity (Wildman–Crippen MR) is 84.5 cm³/mol. The van der Waals surface area contributed by atoms with Gasteiger partial charge in [-0.3, -0.25) is 9.59 Å². The fraction of sp³-hybridized carbons (Fsp3) is 0.353. The molecule has 0 aliphatic heterocycles. The molecule has 6 nitrogen and oxygen atoms in total. The molecule has 0 saturated heterocycles. The zero-order valence-corrected chi connectivity index (χ0v) is 13.2. The first kappa shape index (κ1) is 16.2. The fourth-order valence-corrected chi connectivity index (χ4v) is 3.00. The summed E-state index contributed by atoms with van der Waals surface area (Å²) in [5, 5.41) is 16.1. The van der Waals surface area contributed by atoms with Crippen LogP contribution in [0.4, 0.5) is 4.39 Å². The number of aryl methyl sites for hydroxylation is 1. The smallest absolute Gasteiger partial charge is 0.306 e. The summed E-state index contributed by atoms with van der Waals surface area (Å²) in [6, 6.07) is 5.68. The van der Waals surface area contributed by atoms with Crippen molar-refractivity contribution in [2.45, 2.75) is 32.2 Å². The molecule has 1 amide bonds. The Labute approximate surface area is 138 Å². The first-order valence-electron chi connectivity index (χ1n) is 7.80. The van der Waals surface area contributed by atoms with E-state index in [1.54, 1.807) is 25.3 Å².